The maximum absolute atomic E-state index is 12.5. The number of para-hydroxylation sites is 1. The lowest BCUT2D eigenvalue weighted by Crippen LogP contribution is -2.24. The molecule has 0 bridgehead atoms. The summed E-state index contributed by atoms with van der Waals surface area (Å²) < 4.78 is 0. The van der Waals surface area contributed by atoms with Crippen LogP contribution in [0.3, 0.4) is 0 Å². The molecule has 1 aliphatic carbocycles. The van der Waals surface area contributed by atoms with Crippen LogP contribution in [0.4, 0.5) is 5.69 Å². The van der Waals surface area contributed by atoms with Crippen LogP contribution in [0.2, 0.25) is 0 Å². The van der Waals surface area contributed by atoms with E-state index in [-0.39, 0.29) is 11.1 Å². The number of hydrogen-bond acceptors (Lipinski definition) is 3. The number of amides is 1. The van der Waals surface area contributed by atoms with Crippen molar-refractivity contribution in [3.05, 3.63) is 69.8 Å². The maximum Gasteiger partial charge on any atom is 0.261 e. The van der Waals surface area contributed by atoms with Crippen LogP contribution < -0.4 is 10.9 Å². The number of fused-ring (bicyclic) bond motifs is 2. The first-order chi connectivity index (χ1) is 11.2. The number of nitrogens with zero attached hydrogens (tertiary/aromatic N) is 1. The van der Waals surface area contributed by atoms with Gasteiger partial charge in [0.05, 0.1) is 11.2 Å². The number of hydrogen-bond donors (Lipinski definition) is 2. The first-order valence-electron chi connectivity index (χ1n) is 7.62. The summed E-state index contributed by atoms with van der Waals surface area (Å²) in [6, 6.07) is 11.1. The monoisotopic (exact) mass is 305 g/mol. The van der Waals surface area contributed by atoms with Crippen LogP contribution in [0, 0.1) is 0 Å². The molecule has 0 radical (unpaired) electrons. The highest BCUT2D eigenvalue weighted by atomic mass is 16.2. The highest BCUT2D eigenvalue weighted by Gasteiger charge is 2.18. The predicted molar refractivity (Wildman–Crippen MR) is 88.8 cm³/mol. The molecule has 0 unspecified atom stereocenters. The fourth-order valence-electron chi connectivity index (χ4n) is 3.08. The zero-order valence-electron chi connectivity index (χ0n) is 12.4. The SMILES string of the molecule is O=C(Nc1cccc2cccnc12)c1cc2c([nH]c1=O)CCC2. The van der Waals surface area contributed by atoms with Crippen LogP contribution in [0.25, 0.3) is 10.9 Å². The van der Waals surface area contributed by atoms with E-state index >= 15 is 0 Å². The van der Waals surface area contributed by atoms with Gasteiger partial charge in [0, 0.05) is 17.3 Å². The van der Waals surface area contributed by atoms with Crippen molar-refractivity contribution in [3.63, 3.8) is 0 Å². The molecule has 0 aliphatic heterocycles. The molecular weight excluding hydrogens is 290 g/mol. The molecule has 1 aromatic carbocycles. The predicted octanol–water partition coefficient (Wildman–Crippen LogP) is 2.66. The molecule has 23 heavy (non-hydrogen) atoms. The van der Waals surface area contributed by atoms with E-state index in [1.54, 1.807) is 18.3 Å². The van der Waals surface area contributed by atoms with Gasteiger partial charge in [0.15, 0.2) is 0 Å². The van der Waals surface area contributed by atoms with Gasteiger partial charge in [-0.15, -0.1) is 0 Å². The number of nitrogens with one attached hydrogen (secondary N) is 2. The lowest BCUT2D eigenvalue weighted by molar-refractivity contribution is 0.102. The molecule has 0 saturated carbocycles. The summed E-state index contributed by atoms with van der Waals surface area (Å²) in [5.74, 6) is -0.404. The normalized spacial score (nSPS) is 13.0. The summed E-state index contributed by atoms with van der Waals surface area (Å²) in [5.41, 5.74) is 3.15. The Hall–Kier alpha value is -2.95. The van der Waals surface area contributed by atoms with Gasteiger partial charge >= 0.3 is 0 Å². The quantitative estimate of drug-likeness (QED) is 0.764. The van der Waals surface area contributed by atoms with E-state index in [0.29, 0.717) is 11.2 Å². The fourth-order valence-corrected chi connectivity index (χ4v) is 3.08. The second-order valence-electron chi connectivity index (χ2n) is 5.70. The third kappa shape index (κ3) is 2.40. The number of anilines is 1. The number of carbonyl (C=O) groups is 1. The minimum Gasteiger partial charge on any atom is -0.325 e. The minimum atomic E-state index is -0.404. The van der Waals surface area contributed by atoms with Gasteiger partial charge < -0.3 is 10.3 Å². The van der Waals surface area contributed by atoms with E-state index in [1.807, 2.05) is 24.3 Å². The zero-order valence-corrected chi connectivity index (χ0v) is 12.4. The second-order valence-corrected chi connectivity index (χ2v) is 5.70. The van der Waals surface area contributed by atoms with Crippen molar-refractivity contribution in [1.82, 2.24) is 9.97 Å². The van der Waals surface area contributed by atoms with Crippen molar-refractivity contribution >= 4 is 22.5 Å². The Balaban J connectivity index is 1.72. The van der Waals surface area contributed by atoms with Gasteiger partial charge in [-0.25, -0.2) is 0 Å². The Morgan fingerprint density at radius 1 is 1.17 bits per heavy atom. The number of H-pyrrole nitrogens is 1. The smallest absolute Gasteiger partial charge is 0.261 e. The lowest BCUT2D eigenvalue weighted by atomic mass is 10.1. The van der Waals surface area contributed by atoms with Crippen LogP contribution in [0.1, 0.15) is 28.0 Å². The molecule has 2 N–H and O–H groups in total. The molecular formula is C18H15N3O2. The Kier molecular flexibility index (Phi) is 3.19. The van der Waals surface area contributed by atoms with Crippen LogP contribution in [-0.2, 0) is 12.8 Å². The van der Waals surface area contributed by atoms with Gasteiger partial charge in [0.2, 0.25) is 0 Å². The Morgan fingerprint density at radius 3 is 2.96 bits per heavy atom. The van der Waals surface area contributed by atoms with Gasteiger partial charge in [-0.1, -0.05) is 18.2 Å². The van der Waals surface area contributed by atoms with Crippen molar-refractivity contribution in [2.24, 2.45) is 0 Å². The Bertz CT molecular complexity index is 970. The maximum atomic E-state index is 12.5. The molecule has 0 spiro atoms. The fraction of sp³-hybridized carbons (Fsp3) is 0.167. The van der Waals surface area contributed by atoms with E-state index in [1.165, 1.54) is 0 Å². The van der Waals surface area contributed by atoms with E-state index in [4.69, 9.17) is 0 Å². The number of aromatic amines is 1. The Morgan fingerprint density at radius 2 is 2.04 bits per heavy atom. The topological polar surface area (TPSA) is 74.8 Å². The Labute approximate surface area is 132 Å². The molecule has 1 aliphatic rings. The summed E-state index contributed by atoms with van der Waals surface area (Å²) in [5, 5.41) is 3.75. The number of pyridine rings is 2. The van der Waals surface area contributed by atoms with E-state index in [0.717, 1.165) is 35.9 Å². The first kappa shape index (κ1) is 13.7. The molecule has 4 rings (SSSR count). The van der Waals surface area contributed by atoms with E-state index < -0.39 is 5.91 Å². The highest BCUT2D eigenvalue weighted by molar-refractivity contribution is 6.08. The summed E-state index contributed by atoms with van der Waals surface area (Å²) in [6.07, 6.45) is 4.48. The number of carbonyl (C=O) groups excluding carboxylic acids is 1. The molecule has 0 fully saturated rings. The van der Waals surface area contributed by atoms with Crippen LogP contribution in [0.15, 0.2) is 47.4 Å². The third-order valence-electron chi connectivity index (χ3n) is 4.21. The van der Waals surface area contributed by atoms with Gasteiger partial charge in [-0.3, -0.25) is 14.6 Å². The van der Waals surface area contributed by atoms with Crippen LogP contribution in [-0.4, -0.2) is 15.9 Å². The molecule has 0 atom stereocenters. The minimum absolute atomic E-state index is 0.151. The number of rotatable bonds is 2. The number of aryl methyl sites for hydroxylation is 2. The van der Waals surface area contributed by atoms with Crippen molar-refractivity contribution in [2.45, 2.75) is 19.3 Å². The number of benzene rings is 1. The van der Waals surface area contributed by atoms with Gasteiger partial charge in [-0.05, 0) is 43.0 Å². The van der Waals surface area contributed by atoms with Crippen LogP contribution >= 0.6 is 0 Å². The number of aromatic nitrogens is 2. The molecule has 114 valence electrons. The van der Waals surface area contributed by atoms with E-state index in [9.17, 15) is 9.59 Å². The first-order valence-corrected chi connectivity index (χ1v) is 7.62. The highest BCUT2D eigenvalue weighted by Crippen LogP contribution is 2.22. The van der Waals surface area contributed by atoms with Crippen molar-refractivity contribution in [3.8, 4) is 0 Å². The average molecular weight is 305 g/mol. The summed E-state index contributed by atoms with van der Waals surface area (Å²) in [7, 11) is 0. The molecule has 2 aromatic heterocycles. The molecule has 5 nitrogen and oxygen atoms in total. The molecule has 0 saturated heterocycles. The average Bonchev–Trinajstić information content (AvgIpc) is 3.01. The van der Waals surface area contributed by atoms with Crippen molar-refractivity contribution in [1.29, 1.82) is 0 Å². The molecule has 3 aromatic rings. The molecule has 5 heteroatoms. The molecule has 2 heterocycles. The van der Waals surface area contributed by atoms with Crippen molar-refractivity contribution in [2.75, 3.05) is 5.32 Å². The second kappa shape index (κ2) is 5.35. The zero-order chi connectivity index (χ0) is 15.8. The third-order valence-corrected chi connectivity index (χ3v) is 4.21. The standard InChI is InChI=1S/C18H15N3O2/c22-17-13(10-12-5-2-7-14(12)20-17)18(23)21-15-8-1-4-11-6-3-9-19-16(11)15/h1,3-4,6,8-10H,2,5,7H2,(H,20,22)(H,21,23). The van der Waals surface area contributed by atoms with Crippen LogP contribution in [0.5, 0.6) is 0 Å². The van der Waals surface area contributed by atoms with Gasteiger partial charge in [0.25, 0.3) is 11.5 Å². The lowest BCUT2D eigenvalue weighted by Gasteiger charge is -2.08. The van der Waals surface area contributed by atoms with Gasteiger partial charge in [-0.2, -0.15) is 0 Å². The van der Waals surface area contributed by atoms with Crippen molar-refractivity contribution < 1.29 is 4.79 Å². The van der Waals surface area contributed by atoms with E-state index in [2.05, 4.69) is 15.3 Å². The van der Waals surface area contributed by atoms with Gasteiger partial charge in [0.1, 0.15) is 5.56 Å². The largest absolute Gasteiger partial charge is 0.325 e. The summed E-state index contributed by atoms with van der Waals surface area (Å²) in [4.78, 5) is 31.8. The summed E-state index contributed by atoms with van der Waals surface area (Å²) >= 11 is 0. The molecule has 1 amide bonds. The summed E-state index contributed by atoms with van der Waals surface area (Å²) in [6.45, 7) is 0.